The van der Waals surface area contributed by atoms with Crippen molar-refractivity contribution in [2.45, 2.75) is 0 Å². The first-order chi connectivity index (χ1) is 7.38. The molecule has 0 radical (unpaired) electrons. The van der Waals surface area contributed by atoms with Crippen molar-refractivity contribution in [3.05, 3.63) is 54.4 Å². The predicted molar refractivity (Wildman–Crippen MR) is 55.5 cm³/mol. The third-order valence-electron chi connectivity index (χ3n) is 1.83. The van der Waals surface area contributed by atoms with Gasteiger partial charge in [0.25, 0.3) is 0 Å². The van der Waals surface area contributed by atoms with Gasteiger partial charge in [-0.1, -0.05) is 6.07 Å². The Balaban J connectivity index is 2.22. The number of nitriles is 1. The van der Waals surface area contributed by atoms with Crippen LogP contribution >= 0.6 is 0 Å². The van der Waals surface area contributed by atoms with Gasteiger partial charge in [0.1, 0.15) is 11.5 Å². The highest BCUT2D eigenvalue weighted by molar-refractivity contribution is 5.38. The van der Waals surface area contributed by atoms with Gasteiger partial charge >= 0.3 is 0 Å². The fraction of sp³-hybridized carbons (Fsp3) is 0. The molecule has 72 valence electrons. The van der Waals surface area contributed by atoms with Gasteiger partial charge < -0.3 is 4.74 Å². The van der Waals surface area contributed by atoms with Gasteiger partial charge in [0, 0.05) is 6.20 Å². The summed E-state index contributed by atoms with van der Waals surface area (Å²) in [6.45, 7) is 0. The van der Waals surface area contributed by atoms with E-state index in [0.717, 1.165) is 0 Å². The molecule has 0 aliphatic rings. The zero-order valence-electron chi connectivity index (χ0n) is 7.92. The number of benzene rings is 1. The van der Waals surface area contributed by atoms with E-state index in [1.54, 1.807) is 42.7 Å². The molecule has 1 aromatic heterocycles. The smallest absolute Gasteiger partial charge is 0.145 e. The van der Waals surface area contributed by atoms with E-state index in [-0.39, 0.29) is 0 Å². The summed E-state index contributed by atoms with van der Waals surface area (Å²) in [5, 5.41) is 8.71. The fourth-order valence-electron chi connectivity index (χ4n) is 1.17. The summed E-state index contributed by atoms with van der Waals surface area (Å²) in [6.07, 6.45) is 3.30. The Kier molecular flexibility index (Phi) is 2.61. The van der Waals surface area contributed by atoms with Gasteiger partial charge in [-0.05, 0) is 30.3 Å². The molecular weight excluding hydrogens is 188 g/mol. The maximum Gasteiger partial charge on any atom is 0.145 e. The molecule has 3 nitrogen and oxygen atoms in total. The highest BCUT2D eigenvalue weighted by Crippen LogP contribution is 2.20. The maximum absolute atomic E-state index is 8.71. The van der Waals surface area contributed by atoms with Gasteiger partial charge in [0.2, 0.25) is 0 Å². The molecule has 2 rings (SSSR count). The van der Waals surface area contributed by atoms with E-state index in [2.05, 4.69) is 11.1 Å². The Labute approximate surface area is 87.6 Å². The van der Waals surface area contributed by atoms with Crippen molar-refractivity contribution in [3.63, 3.8) is 0 Å². The van der Waals surface area contributed by atoms with Crippen LogP contribution < -0.4 is 4.74 Å². The Hall–Kier alpha value is -2.34. The topological polar surface area (TPSA) is 45.9 Å². The normalized spacial score (nSPS) is 9.27. The summed E-state index contributed by atoms with van der Waals surface area (Å²) in [4.78, 5) is 3.93. The van der Waals surface area contributed by atoms with Crippen LogP contribution in [0.5, 0.6) is 11.5 Å². The number of nitrogens with zero attached hydrogens (tertiary/aromatic N) is 2. The van der Waals surface area contributed by atoms with E-state index < -0.39 is 0 Å². The van der Waals surface area contributed by atoms with Crippen molar-refractivity contribution in [1.82, 2.24) is 4.98 Å². The lowest BCUT2D eigenvalue weighted by Gasteiger charge is -2.04. The first-order valence-electron chi connectivity index (χ1n) is 4.46. The van der Waals surface area contributed by atoms with Crippen LogP contribution in [-0.2, 0) is 0 Å². The summed E-state index contributed by atoms with van der Waals surface area (Å²) in [6, 6.07) is 12.7. The van der Waals surface area contributed by atoms with E-state index in [1.165, 1.54) is 0 Å². The molecule has 0 unspecified atom stereocenters. The first kappa shape index (κ1) is 9.22. The quantitative estimate of drug-likeness (QED) is 0.741. The van der Waals surface area contributed by atoms with E-state index >= 15 is 0 Å². The molecule has 0 amide bonds. The van der Waals surface area contributed by atoms with Crippen molar-refractivity contribution in [3.8, 4) is 17.6 Å². The molecule has 0 N–H and O–H groups in total. The standard InChI is InChI=1S/C12H8N2O/c13-8-10-3-1-4-11(7-10)15-12-5-2-6-14-9-12/h1-7,9H. The third-order valence-corrected chi connectivity index (χ3v) is 1.83. The second-order valence-electron chi connectivity index (χ2n) is 2.93. The third kappa shape index (κ3) is 2.32. The molecule has 0 aliphatic carbocycles. The SMILES string of the molecule is N#Cc1cccc(Oc2cccnc2)c1. The highest BCUT2D eigenvalue weighted by atomic mass is 16.5. The van der Waals surface area contributed by atoms with Crippen LogP contribution in [0.3, 0.4) is 0 Å². The summed E-state index contributed by atoms with van der Waals surface area (Å²) in [7, 11) is 0. The van der Waals surface area contributed by atoms with E-state index in [9.17, 15) is 0 Å². The maximum atomic E-state index is 8.71. The summed E-state index contributed by atoms with van der Waals surface area (Å²) in [5.74, 6) is 1.30. The van der Waals surface area contributed by atoms with E-state index in [0.29, 0.717) is 17.1 Å². The molecule has 0 spiro atoms. The molecule has 1 heterocycles. The molecule has 15 heavy (non-hydrogen) atoms. The number of hydrogen-bond donors (Lipinski definition) is 0. The Morgan fingerprint density at radius 2 is 2.00 bits per heavy atom. The Morgan fingerprint density at radius 3 is 2.73 bits per heavy atom. The molecule has 2 aromatic rings. The Morgan fingerprint density at radius 1 is 1.13 bits per heavy atom. The van der Waals surface area contributed by atoms with Crippen molar-refractivity contribution in [1.29, 1.82) is 5.26 Å². The van der Waals surface area contributed by atoms with Gasteiger partial charge in [0.05, 0.1) is 17.8 Å². The van der Waals surface area contributed by atoms with Gasteiger partial charge in [-0.15, -0.1) is 0 Å². The van der Waals surface area contributed by atoms with Crippen molar-refractivity contribution in [2.24, 2.45) is 0 Å². The largest absolute Gasteiger partial charge is 0.456 e. The van der Waals surface area contributed by atoms with Crippen LogP contribution in [0.1, 0.15) is 5.56 Å². The zero-order valence-corrected chi connectivity index (χ0v) is 7.92. The zero-order chi connectivity index (χ0) is 10.5. The highest BCUT2D eigenvalue weighted by Gasteiger charge is 1.97. The van der Waals surface area contributed by atoms with Gasteiger partial charge in [0.15, 0.2) is 0 Å². The van der Waals surface area contributed by atoms with Crippen LogP contribution in [0.15, 0.2) is 48.8 Å². The minimum atomic E-state index is 0.580. The first-order valence-corrected chi connectivity index (χ1v) is 4.46. The van der Waals surface area contributed by atoms with Crippen molar-refractivity contribution >= 4 is 0 Å². The average Bonchev–Trinajstić information content (AvgIpc) is 2.31. The molecule has 1 aromatic carbocycles. The van der Waals surface area contributed by atoms with Crippen LogP contribution in [0.4, 0.5) is 0 Å². The number of rotatable bonds is 2. The molecule has 3 heteroatoms. The molecule has 0 bridgehead atoms. The number of aromatic nitrogens is 1. The second kappa shape index (κ2) is 4.25. The van der Waals surface area contributed by atoms with Crippen molar-refractivity contribution in [2.75, 3.05) is 0 Å². The summed E-state index contributed by atoms with van der Waals surface area (Å²) < 4.78 is 5.51. The van der Waals surface area contributed by atoms with Crippen LogP contribution in [-0.4, -0.2) is 4.98 Å². The van der Waals surface area contributed by atoms with E-state index in [1.807, 2.05) is 6.07 Å². The fourth-order valence-corrected chi connectivity index (χ4v) is 1.17. The Bertz CT molecular complexity index is 488. The molecule has 0 saturated heterocycles. The van der Waals surface area contributed by atoms with E-state index in [4.69, 9.17) is 10.00 Å². The molecule has 0 atom stereocenters. The average molecular weight is 196 g/mol. The minimum absolute atomic E-state index is 0.580. The number of hydrogen-bond acceptors (Lipinski definition) is 3. The summed E-state index contributed by atoms with van der Waals surface area (Å²) in [5.41, 5.74) is 0.580. The molecule has 0 saturated carbocycles. The number of pyridine rings is 1. The van der Waals surface area contributed by atoms with Gasteiger partial charge in [-0.3, -0.25) is 4.98 Å². The second-order valence-corrected chi connectivity index (χ2v) is 2.93. The van der Waals surface area contributed by atoms with Crippen LogP contribution in [0.2, 0.25) is 0 Å². The molecule has 0 fully saturated rings. The monoisotopic (exact) mass is 196 g/mol. The lowest BCUT2D eigenvalue weighted by atomic mass is 10.2. The molecular formula is C12H8N2O. The van der Waals surface area contributed by atoms with Crippen LogP contribution in [0.25, 0.3) is 0 Å². The summed E-state index contributed by atoms with van der Waals surface area (Å²) >= 11 is 0. The van der Waals surface area contributed by atoms with Crippen molar-refractivity contribution < 1.29 is 4.74 Å². The van der Waals surface area contributed by atoms with Crippen LogP contribution in [0, 0.1) is 11.3 Å². The lowest BCUT2D eigenvalue weighted by molar-refractivity contribution is 0.480. The minimum Gasteiger partial charge on any atom is -0.456 e. The number of ether oxygens (including phenoxy) is 1. The lowest BCUT2D eigenvalue weighted by Crippen LogP contribution is -1.85. The molecule has 0 aliphatic heterocycles. The van der Waals surface area contributed by atoms with Gasteiger partial charge in [-0.25, -0.2) is 0 Å². The predicted octanol–water partition coefficient (Wildman–Crippen LogP) is 2.75. The van der Waals surface area contributed by atoms with Gasteiger partial charge in [-0.2, -0.15) is 5.26 Å².